The van der Waals surface area contributed by atoms with Gasteiger partial charge >= 0.3 is 0 Å². The SMILES string of the molecule is CCCC(N)C#Cc1ccc(CC)cc1. The normalized spacial score (nSPS) is 11.7. The van der Waals surface area contributed by atoms with Gasteiger partial charge in [0.2, 0.25) is 0 Å². The Morgan fingerprint density at radius 3 is 2.40 bits per heavy atom. The molecular weight excluding hydrogens is 182 g/mol. The molecule has 1 aromatic rings. The van der Waals surface area contributed by atoms with Crippen molar-refractivity contribution >= 4 is 0 Å². The van der Waals surface area contributed by atoms with Crippen LogP contribution in [0.2, 0.25) is 0 Å². The maximum Gasteiger partial charge on any atom is 0.0668 e. The van der Waals surface area contributed by atoms with Gasteiger partial charge < -0.3 is 5.73 Å². The van der Waals surface area contributed by atoms with E-state index in [1.54, 1.807) is 0 Å². The molecule has 80 valence electrons. The maximum atomic E-state index is 5.81. The summed E-state index contributed by atoms with van der Waals surface area (Å²) in [5.41, 5.74) is 8.21. The summed E-state index contributed by atoms with van der Waals surface area (Å²) in [7, 11) is 0. The van der Waals surface area contributed by atoms with Gasteiger partial charge in [-0.25, -0.2) is 0 Å². The predicted octanol–water partition coefficient (Wildman–Crippen LogP) is 2.73. The highest BCUT2D eigenvalue weighted by Gasteiger charge is 1.93. The lowest BCUT2D eigenvalue weighted by molar-refractivity contribution is 0.720. The highest BCUT2D eigenvalue weighted by atomic mass is 14.6. The predicted molar refractivity (Wildman–Crippen MR) is 65.6 cm³/mol. The quantitative estimate of drug-likeness (QED) is 0.748. The van der Waals surface area contributed by atoms with Crippen LogP contribution in [0.15, 0.2) is 24.3 Å². The third-order valence-electron chi connectivity index (χ3n) is 2.36. The van der Waals surface area contributed by atoms with Crippen LogP contribution >= 0.6 is 0 Å². The van der Waals surface area contributed by atoms with Crippen molar-refractivity contribution in [2.75, 3.05) is 0 Å². The molecule has 1 rings (SSSR count). The Labute approximate surface area is 92.7 Å². The van der Waals surface area contributed by atoms with Crippen LogP contribution in [-0.2, 0) is 6.42 Å². The standard InChI is InChI=1S/C14H19N/c1-3-5-14(15)11-10-13-8-6-12(4-2)7-9-13/h6-9,14H,3-5,15H2,1-2H3. The Morgan fingerprint density at radius 2 is 1.87 bits per heavy atom. The van der Waals surface area contributed by atoms with E-state index in [9.17, 15) is 0 Å². The lowest BCUT2D eigenvalue weighted by atomic mass is 10.1. The van der Waals surface area contributed by atoms with Gasteiger partial charge in [0.1, 0.15) is 0 Å². The van der Waals surface area contributed by atoms with Crippen LogP contribution in [-0.4, -0.2) is 6.04 Å². The molecule has 0 radical (unpaired) electrons. The van der Waals surface area contributed by atoms with Gasteiger partial charge in [-0.15, -0.1) is 0 Å². The van der Waals surface area contributed by atoms with Gasteiger partial charge in [-0.2, -0.15) is 0 Å². The molecule has 0 aliphatic carbocycles. The summed E-state index contributed by atoms with van der Waals surface area (Å²) in [4.78, 5) is 0. The van der Waals surface area contributed by atoms with Crippen molar-refractivity contribution in [1.82, 2.24) is 0 Å². The van der Waals surface area contributed by atoms with Gasteiger partial charge in [-0.1, -0.05) is 44.2 Å². The second-order valence-corrected chi connectivity index (χ2v) is 3.71. The molecule has 0 aromatic heterocycles. The molecule has 0 heterocycles. The molecule has 0 spiro atoms. The zero-order valence-electron chi connectivity index (χ0n) is 9.59. The number of benzene rings is 1. The van der Waals surface area contributed by atoms with Crippen molar-refractivity contribution in [1.29, 1.82) is 0 Å². The van der Waals surface area contributed by atoms with Crippen molar-refractivity contribution in [2.24, 2.45) is 5.73 Å². The minimum Gasteiger partial charge on any atom is -0.318 e. The number of nitrogens with two attached hydrogens (primary N) is 1. The Kier molecular flexibility index (Phi) is 4.93. The molecule has 0 bridgehead atoms. The smallest absolute Gasteiger partial charge is 0.0668 e. The third kappa shape index (κ3) is 4.18. The van der Waals surface area contributed by atoms with Crippen LogP contribution in [0.4, 0.5) is 0 Å². The fourth-order valence-electron chi connectivity index (χ4n) is 1.38. The molecule has 0 amide bonds. The lowest BCUT2D eigenvalue weighted by Gasteiger charge is -1.99. The fraction of sp³-hybridized carbons (Fsp3) is 0.429. The zero-order chi connectivity index (χ0) is 11.1. The molecule has 0 saturated carbocycles. The Hall–Kier alpha value is -1.26. The van der Waals surface area contributed by atoms with Gasteiger partial charge in [0.05, 0.1) is 6.04 Å². The minimum atomic E-state index is 0.0147. The highest BCUT2D eigenvalue weighted by Crippen LogP contribution is 2.03. The van der Waals surface area contributed by atoms with Crippen LogP contribution in [0.3, 0.4) is 0 Å². The Bertz CT molecular complexity index is 340. The molecule has 1 heteroatoms. The summed E-state index contributed by atoms with van der Waals surface area (Å²) in [6.45, 7) is 4.27. The summed E-state index contributed by atoms with van der Waals surface area (Å²) < 4.78 is 0. The molecule has 0 aliphatic heterocycles. The van der Waals surface area contributed by atoms with Crippen molar-refractivity contribution in [3.63, 3.8) is 0 Å². The van der Waals surface area contributed by atoms with Crippen LogP contribution in [0.25, 0.3) is 0 Å². The van der Waals surface area contributed by atoms with Gasteiger partial charge in [0, 0.05) is 5.56 Å². The highest BCUT2D eigenvalue weighted by molar-refractivity contribution is 5.36. The molecule has 15 heavy (non-hydrogen) atoms. The van der Waals surface area contributed by atoms with Crippen LogP contribution in [0.1, 0.15) is 37.8 Å². The van der Waals surface area contributed by atoms with Crippen molar-refractivity contribution < 1.29 is 0 Å². The number of rotatable bonds is 3. The molecule has 1 atom stereocenters. The van der Waals surface area contributed by atoms with E-state index >= 15 is 0 Å². The first-order valence-corrected chi connectivity index (χ1v) is 5.62. The molecular formula is C14H19N. The first kappa shape index (κ1) is 11.8. The van der Waals surface area contributed by atoms with E-state index in [0.29, 0.717) is 0 Å². The number of aryl methyl sites for hydroxylation is 1. The average molecular weight is 201 g/mol. The Balaban J connectivity index is 2.63. The lowest BCUT2D eigenvalue weighted by Crippen LogP contribution is -2.16. The Morgan fingerprint density at radius 1 is 1.20 bits per heavy atom. The van der Waals surface area contributed by atoms with Crippen molar-refractivity contribution in [3.05, 3.63) is 35.4 Å². The maximum absolute atomic E-state index is 5.81. The van der Waals surface area contributed by atoms with Gasteiger partial charge in [-0.05, 0) is 30.5 Å². The zero-order valence-corrected chi connectivity index (χ0v) is 9.59. The van der Waals surface area contributed by atoms with Gasteiger partial charge in [0.15, 0.2) is 0 Å². The van der Waals surface area contributed by atoms with Gasteiger partial charge in [0.25, 0.3) is 0 Å². The topological polar surface area (TPSA) is 26.0 Å². The number of hydrogen-bond acceptors (Lipinski definition) is 1. The third-order valence-corrected chi connectivity index (χ3v) is 2.36. The second kappa shape index (κ2) is 6.27. The molecule has 0 saturated heterocycles. The van der Waals surface area contributed by atoms with E-state index in [2.05, 4.69) is 50.0 Å². The van der Waals surface area contributed by atoms with Crippen molar-refractivity contribution in [2.45, 2.75) is 39.2 Å². The van der Waals surface area contributed by atoms with E-state index in [4.69, 9.17) is 5.73 Å². The first-order chi connectivity index (χ1) is 7.26. The van der Waals surface area contributed by atoms with Crippen molar-refractivity contribution in [3.8, 4) is 11.8 Å². The largest absolute Gasteiger partial charge is 0.318 e. The minimum absolute atomic E-state index is 0.0147. The molecule has 0 aliphatic rings. The molecule has 0 fully saturated rings. The van der Waals surface area contributed by atoms with Gasteiger partial charge in [-0.3, -0.25) is 0 Å². The van der Waals surface area contributed by atoms with E-state index in [1.165, 1.54) is 5.56 Å². The fourth-order valence-corrected chi connectivity index (χ4v) is 1.38. The summed E-state index contributed by atoms with van der Waals surface area (Å²) in [6, 6.07) is 8.38. The molecule has 1 nitrogen and oxygen atoms in total. The van der Waals surface area contributed by atoms with Crippen LogP contribution in [0, 0.1) is 11.8 Å². The average Bonchev–Trinajstić information content (AvgIpc) is 2.27. The van der Waals surface area contributed by atoms with E-state index in [1.807, 2.05) is 0 Å². The summed E-state index contributed by atoms with van der Waals surface area (Å²) in [5.74, 6) is 6.17. The summed E-state index contributed by atoms with van der Waals surface area (Å²) in [5, 5.41) is 0. The molecule has 1 unspecified atom stereocenters. The number of hydrogen-bond donors (Lipinski definition) is 1. The van der Waals surface area contributed by atoms with Crippen LogP contribution < -0.4 is 5.73 Å². The molecule has 2 N–H and O–H groups in total. The monoisotopic (exact) mass is 201 g/mol. The second-order valence-electron chi connectivity index (χ2n) is 3.71. The summed E-state index contributed by atoms with van der Waals surface area (Å²) >= 11 is 0. The van der Waals surface area contributed by atoms with Crippen LogP contribution in [0.5, 0.6) is 0 Å². The first-order valence-electron chi connectivity index (χ1n) is 5.62. The van der Waals surface area contributed by atoms with E-state index in [-0.39, 0.29) is 6.04 Å². The van der Waals surface area contributed by atoms with E-state index < -0.39 is 0 Å². The van der Waals surface area contributed by atoms with E-state index in [0.717, 1.165) is 24.8 Å². The summed E-state index contributed by atoms with van der Waals surface area (Å²) in [6.07, 6.45) is 3.13. The molecule has 1 aromatic carbocycles.